The van der Waals surface area contributed by atoms with E-state index in [4.69, 9.17) is 4.74 Å². The molecule has 0 atom stereocenters. The molecule has 0 N–H and O–H groups in total. The smallest absolute Gasteiger partial charge is 0.418 e. The molecule has 0 spiro atoms. The fourth-order valence-corrected chi connectivity index (χ4v) is 1.56. The number of ether oxygens (including phenoxy) is 1. The topological polar surface area (TPSA) is 26.3 Å². The molecule has 0 bridgehead atoms. The minimum atomic E-state index is 0.568. The van der Waals surface area contributed by atoms with E-state index in [2.05, 4.69) is 0 Å². The minimum Gasteiger partial charge on any atom is -0.418 e. The molecule has 2 nitrogen and oxygen atoms in total. The van der Waals surface area contributed by atoms with Gasteiger partial charge in [0.05, 0.1) is 0 Å². The molecule has 0 aliphatic rings. The first-order chi connectivity index (χ1) is 6.83. The summed E-state index contributed by atoms with van der Waals surface area (Å²) in [6.07, 6.45) is 0. The molecule has 2 aromatic rings. The van der Waals surface area contributed by atoms with Crippen LogP contribution in [0.25, 0.3) is 10.8 Å². The first-order valence-electron chi connectivity index (χ1n) is 4.35. The maximum atomic E-state index is 10.1. The van der Waals surface area contributed by atoms with Crippen LogP contribution in [0.1, 0.15) is 5.56 Å². The zero-order valence-electron chi connectivity index (χ0n) is 7.78. The highest BCUT2D eigenvalue weighted by atomic mass is 16.5. The lowest BCUT2D eigenvalue weighted by Gasteiger charge is -2.05. The van der Waals surface area contributed by atoms with Crippen molar-refractivity contribution in [3.8, 4) is 5.75 Å². The van der Waals surface area contributed by atoms with Gasteiger partial charge in [-0.3, -0.25) is 0 Å². The van der Waals surface area contributed by atoms with E-state index in [0.29, 0.717) is 5.75 Å². The van der Waals surface area contributed by atoms with Crippen LogP contribution in [0.4, 0.5) is 0 Å². The fourth-order valence-electron chi connectivity index (χ4n) is 1.56. The van der Waals surface area contributed by atoms with E-state index < -0.39 is 0 Å². The summed E-state index contributed by atoms with van der Waals surface area (Å²) in [5, 5.41) is 2.24. The molecule has 0 saturated carbocycles. The molecular weight excluding hydrogens is 176 g/mol. The molecule has 0 aliphatic heterocycles. The van der Waals surface area contributed by atoms with Gasteiger partial charge in [-0.15, -0.1) is 0 Å². The van der Waals surface area contributed by atoms with Gasteiger partial charge in [-0.25, -0.2) is 4.79 Å². The highest BCUT2D eigenvalue weighted by Crippen LogP contribution is 2.26. The largest absolute Gasteiger partial charge is 0.423 e. The van der Waals surface area contributed by atoms with E-state index in [-0.39, 0.29) is 0 Å². The number of rotatable bonds is 2. The molecule has 0 saturated heterocycles. The Kier molecular flexibility index (Phi) is 2.19. The van der Waals surface area contributed by atoms with Gasteiger partial charge in [-0.1, -0.05) is 30.3 Å². The van der Waals surface area contributed by atoms with E-state index in [1.54, 1.807) is 6.07 Å². The molecule has 0 fully saturated rings. The van der Waals surface area contributed by atoms with Gasteiger partial charge in [0.15, 0.2) is 0 Å². The zero-order valence-corrected chi connectivity index (χ0v) is 7.78. The van der Waals surface area contributed by atoms with Crippen LogP contribution < -0.4 is 4.74 Å². The number of benzene rings is 2. The summed E-state index contributed by atoms with van der Waals surface area (Å²) >= 11 is 0. The Labute approximate surface area is 82.1 Å². The maximum absolute atomic E-state index is 10.1. The van der Waals surface area contributed by atoms with Crippen molar-refractivity contribution in [2.75, 3.05) is 0 Å². The fraction of sp³-hybridized carbons (Fsp3) is 0.0833. The van der Waals surface area contributed by atoms with Gasteiger partial charge < -0.3 is 4.74 Å². The molecule has 14 heavy (non-hydrogen) atoms. The van der Waals surface area contributed by atoms with Gasteiger partial charge in [0.25, 0.3) is 0 Å². The number of aryl methyl sites for hydroxylation is 1. The zero-order chi connectivity index (χ0) is 9.97. The molecule has 1 radical (unpaired) electrons. The van der Waals surface area contributed by atoms with Crippen molar-refractivity contribution in [2.45, 2.75) is 6.92 Å². The Morgan fingerprint density at radius 3 is 2.71 bits per heavy atom. The summed E-state index contributed by atoms with van der Waals surface area (Å²) in [4.78, 5) is 10.1. The van der Waals surface area contributed by atoms with Crippen molar-refractivity contribution in [2.24, 2.45) is 0 Å². The summed E-state index contributed by atoms with van der Waals surface area (Å²) in [7, 11) is 0. The number of fused-ring (bicyclic) bond motifs is 1. The third kappa shape index (κ3) is 1.35. The number of hydrogen-bond donors (Lipinski definition) is 0. The highest BCUT2D eigenvalue weighted by molar-refractivity contribution is 5.87. The van der Waals surface area contributed by atoms with Crippen molar-refractivity contribution >= 4 is 17.2 Å². The van der Waals surface area contributed by atoms with Crippen LogP contribution in [0.15, 0.2) is 36.4 Å². The summed E-state index contributed by atoms with van der Waals surface area (Å²) in [5.41, 5.74) is 0.964. The van der Waals surface area contributed by atoms with Crippen LogP contribution in [0, 0.1) is 6.92 Å². The van der Waals surface area contributed by atoms with E-state index in [1.165, 1.54) is 6.47 Å². The molecule has 69 valence electrons. The average Bonchev–Trinajstić information content (AvgIpc) is 2.23. The minimum absolute atomic E-state index is 0.568. The summed E-state index contributed by atoms with van der Waals surface area (Å²) in [6.45, 7) is 3.37. The van der Waals surface area contributed by atoms with Crippen molar-refractivity contribution in [1.29, 1.82) is 0 Å². The number of hydrogen-bond acceptors (Lipinski definition) is 2. The number of carbonyl (C=O) groups excluding carboxylic acids is 1. The van der Waals surface area contributed by atoms with Crippen LogP contribution >= 0.6 is 0 Å². The third-order valence-corrected chi connectivity index (χ3v) is 2.30. The first-order valence-corrected chi connectivity index (χ1v) is 4.35. The second kappa shape index (κ2) is 3.50. The molecule has 0 heterocycles. The highest BCUT2D eigenvalue weighted by Gasteiger charge is 2.03. The van der Waals surface area contributed by atoms with Crippen molar-refractivity contribution in [3.63, 3.8) is 0 Å². The molecule has 0 aliphatic carbocycles. The molecular formula is C12H9O2. The second-order valence-corrected chi connectivity index (χ2v) is 3.10. The van der Waals surface area contributed by atoms with Gasteiger partial charge in [-0.05, 0) is 29.3 Å². The van der Waals surface area contributed by atoms with E-state index in [1.807, 2.05) is 37.3 Å². The predicted molar refractivity (Wildman–Crippen MR) is 55.0 cm³/mol. The SMILES string of the molecule is Cc1c(O[C]=O)ccc2ccccc12. The standard InChI is InChI=1S/C12H9O2/c1-9-11-5-3-2-4-10(11)6-7-12(9)14-8-13/h2-7H,1H3. The monoisotopic (exact) mass is 185 g/mol. The van der Waals surface area contributed by atoms with E-state index in [9.17, 15) is 4.79 Å². The second-order valence-electron chi connectivity index (χ2n) is 3.10. The van der Waals surface area contributed by atoms with Gasteiger partial charge in [0, 0.05) is 0 Å². The van der Waals surface area contributed by atoms with E-state index >= 15 is 0 Å². The van der Waals surface area contributed by atoms with Crippen molar-refractivity contribution in [3.05, 3.63) is 42.0 Å². The molecule has 0 unspecified atom stereocenters. The third-order valence-electron chi connectivity index (χ3n) is 2.30. The van der Waals surface area contributed by atoms with Crippen LogP contribution in [0.2, 0.25) is 0 Å². The molecule has 0 aromatic heterocycles. The van der Waals surface area contributed by atoms with Gasteiger partial charge in [0.1, 0.15) is 5.75 Å². The van der Waals surface area contributed by atoms with Crippen LogP contribution in [0.5, 0.6) is 5.75 Å². The predicted octanol–water partition coefficient (Wildman–Crippen LogP) is 2.59. The molecule has 0 amide bonds. The molecule has 2 aromatic carbocycles. The summed E-state index contributed by atoms with van der Waals surface area (Å²) in [5.74, 6) is 0.568. The molecule has 2 rings (SSSR count). The Morgan fingerprint density at radius 2 is 1.93 bits per heavy atom. The van der Waals surface area contributed by atoms with Gasteiger partial charge in [-0.2, -0.15) is 0 Å². The van der Waals surface area contributed by atoms with Gasteiger partial charge >= 0.3 is 6.47 Å². The van der Waals surface area contributed by atoms with Crippen molar-refractivity contribution < 1.29 is 9.53 Å². The average molecular weight is 185 g/mol. The van der Waals surface area contributed by atoms with Crippen molar-refractivity contribution in [1.82, 2.24) is 0 Å². The Hall–Kier alpha value is -1.83. The van der Waals surface area contributed by atoms with E-state index in [0.717, 1.165) is 16.3 Å². The lowest BCUT2D eigenvalue weighted by molar-refractivity contribution is 0.441. The Balaban J connectivity index is 2.68. The van der Waals surface area contributed by atoms with Crippen LogP contribution in [-0.2, 0) is 4.79 Å². The Morgan fingerprint density at radius 1 is 1.14 bits per heavy atom. The van der Waals surface area contributed by atoms with Crippen LogP contribution in [-0.4, -0.2) is 6.47 Å². The van der Waals surface area contributed by atoms with Crippen LogP contribution in [0.3, 0.4) is 0 Å². The quantitative estimate of drug-likeness (QED) is 0.718. The molecule has 2 heteroatoms. The Bertz CT molecular complexity index is 475. The summed E-state index contributed by atoms with van der Waals surface area (Å²) in [6, 6.07) is 11.7. The maximum Gasteiger partial charge on any atom is 0.423 e. The lowest BCUT2D eigenvalue weighted by Crippen LogP contribution is -1.91. The normalized spacial score (nSPS) is 10.1. The first kappa shape index (κ1) is 8.75. The summed E-state index contributed by atoms with van der Waals surface area (Å²) < 4.78 is 4.74. The van der Waals surface area contributed by atoms with Gasteiger partial charge in [0.2, 0.25) is 0 Å². The lowest BCUT2D eigenvalue weighted by atomic mass is 10.1.